The predicted octanol–water partition coefficient (Wildman–Crippen LogP) is 1.71. The maximum atomic E-state index is 12.6. The van der Waals surface area contributed by atoms with E-state index in [9.17, 15) is 18.0 Å². The number of benzene rings is 1. The number of carboxylic acid groups (broad SMARTS) is 1. The number of unbranched alkanes of at least 4 members (excludes halogenated alkanes) is 1. The van der Waals surface area contributed by atoms with Crippen LogP contribution in [0.2, 0.25) is 0 Å². The molecule has 0 radical (unpaired) electrons. The fourth-order valence-corrected chi connectivity index (χ4v) is 3.92. The van der Waals surface area contributed by atoms with Gasteiger partial charge in [-0.05, 0) is 31.0 Å². The molecule has 146 valence electrons. The number of nitrogens with zero attached hydrogens (tertiary/aromatic N) is 1. The van der Waals surface area contributed by atoms with Crippen LogP contribution in [-0.2, 0) is 14.8 Å². The molecule has 0 bridgehead atoms. The summed E-state index contributed by atoms with van der Waals surface area (Å²) in [6, 6.07) is 4.17. The van der Waals surface area contributed by atoms with Gasteiger partial charge in [-0.25, -0.2) is 8.42 Å². The van der Waals surface area contributed by atoms with E-state index in [1.54, 1.807) is 13.8 Å². The molecule has 0 aliphatic carbocycles. The Labute approximate surface area is 154 Å². The predicted molar refractivity (Wildman–Crippen MR) is 96.9 cm³/mol. The fourth-order valence-electron chi connectivity index (χ4n) is 2.44. The number of carboxylic acids is 1. The average molecular weight is 386 g/mol. The van der Waals surface area contributed by atoms with Gasteiger partial charge >= 0.3 is 5.97 Å². The van der Waals surface area contributed by atoms with Crippen LogP contribution in [0.4, 0.5) is 0 Å². The van der Waals surface area contributed by atoms with Crippen LogP contribution in [0.1, 0.15) is 43.5 Å². The molecule has 0 aliphatic rings. The smallest absolute Gasteiger partial charge is 0.303 e. The zero-order chi connectivity index (χ0) is 19.7. The van der Waals surface area contributed by atoms with E-state index in [-0.39, 0.29) is 22.6 Å². The number of hydrogen-bond acceptors (Lipinski definition) is 5. The van der Waals surface area contributed by atoms with Crippen molar-refractivity contribution in [2.24, 2.45) is 0 Å². The Balaban J connectivity index is 2.96. The standard InChI is InChI=1S/C17H26N2O6S/c1-4-19(5-2)26(23,24)13-9-10-15(25-3)14(12-13)17(22)18-11-7-6-8-16(20)21/h9-10,12H,4-8,11H2,1-3H3,(H,18,22)(H,20,21). The van der Waals surface area contributed by atoms with E-state index in [0.717, 1.165) is 0 Å². The molecule has 0 spiro atoms. The van der Waals surface area contributed by atoms with Crippen molar-refractivity contribution < 1.29 is 27.9 Å². The zero-order valence-corrected chi connectivity index (χ0v) is 16.1. The highest BCUT2D eigenvalue weighted by molar-refractivity contribution is 7.89. The van der Waals surface area contributed by atoms with Gasteiger partial charge in [-0.2, -0.15) is 4.31 Å². The van der Waals surface area contributed by atoms with Crippen molar-refractivity contribution in [3.63, 3.8) is 0 Å². The largest absolute Gasteiger partial charge is 0.496 e. The van der Waals surface area contributed by atoms with Crippen molar-refractivity contribution in [3.8, 4) is 5.75 Å². The summed E-state index contributed by atoms with van der Waals surface area (Å²) in [5, 5.41) is 11.3. The maximum absolute atomic E-state index is 12.6. The molecule has 0 fully saturated rings. The van der Waals surface area contributed by atoms with Gasteiger partial charge in [-0.1, -0.05) is 13.8 Å². The lowest BCUT2D eigenvalue weighted by Crippen LogP contribution is -2.31. The molecule has 0 heterocycles. The van der Waals surface area contributed by atoms with Crippen LogP contribution in [0.3, 0.4) is 0 Å². The molecular formula is C17H26N2O6S. The quantitative estimate of drug-likeness (QED) is 0.560. The minimum atomic E-state index is -3.69. The number of carbonyl (C=O) groups is 2. The average Bonchev–Trinajstić information content (AvgIpc) is 2.61. The third-order valence-corrected chi connectivity index (χ3v) is 5.91. The summed E-state index contributed by atoms with van der Waals surface area (Å²) < 4.78 is 31.7. The highest BCUT2D eigenvalue weighted by Crippen LogP contribution is 2.24. The topological polar surface area (TPSA) is 113 Å². The van der Waals surface area contributed by atoms with Crippen LogP contribution < -0.4 is 10.1 Å². The van der Waals surface area contributed by atoms with Gasteiger partial charge in [0.05, 0.1) is 17.6 Å². The molecule has 1 rings (SSSR count). The second kappa shape index (κ2) is 10.1. The van der Waals surface area contributed by atoms with E-state index in [2.05, 4.69) is 5.32 Å². The van der Waals surface area contributed by atoms with Gasteiger partial charge in [0.2, 0.25) is 10.0 Å². The van der Waals surface area contributed by atoms with Crippen LogP contribution >= 0.6 is 0 Å². The molecule has 0 unspecified atom stereocenters. The van der Waals surface area contributed by atoms with Gasteiger partial charge < -0.3 is 15.2 Å². The Kier molecular flexibility index (Phi) is 8.53. The first-order valence-electron chi connectivity index (χ1n) is 8.46. The summed E-state index contributed by atoms with van der Waals surface area (Å²) in [4.78, 5) is 22.9. The first-order valence-corrected chi connectivity index (χ1v) is 9.90. The molecule has 0 saturated carbocycles. The minimum Gasteiger partial charge on any atom is -0.496 e. The Morgan fingerprint density at radius 2 is 1.85 bits per heavy atom. The molecule has 0 saturated heterocycles. The Hall–Kier alpha value is -2.13. The fraction of sp³-hybridized carbons (Fsp3) is 0.529. The van der Waals surface area contributed by atoms with Crippen LogP contribution in [0.25, 0.3) is 0 Å². The SMILES string of the molecule is CCN(CC)S(=O)(=O)c1ccc(OC)c(C(=O)NCCCCC(=O)O)c1. The summed E-state index contributed by atoms with van der Waals surface area (Å²) in [6.45, 7) is 4.44. The molecule has 1 amide bonds. The number of aliphatic carboxylic acids is 1. The molecule has 0 aromatic heterocycles. The van der Waals surface area contributed by atoms with Crippen LogP contribution in [-0.4, -0.2) is 56.5 Å². The van der Waals surface area contributed by atoms with E-state index < -0.39 is 21.9 Å². The normalized spacial score (nSPS) is 11.4. The molecule has 0 atom stereocenters. The summed E-state index contributed by atoms with van der Waals surface area (Å²) in [5.41, 5.74) is 0.124. The third-order valence-electron chi connectivity index (χ3n) is 3.86. The van der Waals surface area contributed by atoms with Crippen molar-refractivity contribution in [2.45, 2.75) is 38.0 Å². The van der Waals surface area contributed by atoms with Crippen molar-refractivity contribution in [1.82, 2.24) is 9.62 Å². The molecule has 0 aliphatic heterocycles. The lowest BCUT2D eigenvalue weighted by Gasteiger charge is -2.19. The molecule has 8 nitrogen and oxygen atoms in total. The zero-order valence-electron chi connectivity index (χ0n) is 15.3. The van der Waals surface area contributed by atoms with E-state index in [1.807, 2.05) is 0 Å². The van der Waals surface area contributed by atoms with Crippen LogP contribution in [0.5, 0.6) is 5.75 Å². The van der Waals surface area contributed by atoms with Crippen LogP contribution in [0, 0.1) is 0 Å². The first kappa shape index (κ1) is 21.9. The van der Waals surface area contributed by atoms with Gasteiger partial charge in [0.25, 0.3) is 5.91 Å². The van der Waals surface area contributed by atoms with Gasteiger partial charge in [-0.15, -0.1) is 0 Å². The number of nitrogens with one attached hydrogen (secondary N) is 1. The minimum absolute atomic E-state index is 0.0260. The molecule has 9 heteroatoms. The second-order valence-corrected chi connectivity index (χ2v) is 7.50. The number of methoxy groups -OCH3 is 1. The molecular weight excluding hydrogens is 360 g/mol. The Morgan fingerprint density at radius 1 is 1.19 bits per heavy atom. The number of sulfonamides is 1. The monoisotopic (exact) mass is 386 g/mol. The highest BCUT2D eigenvalue weighted by atomic mass is 32.2. The summed E-state index contributed by atoms with van der Waals surface area (Å²) in [6.07, 6.45) is 0.998. The van der Waals surface area contributed by atoms with E-state index in [1.165, 1.54) is 29.6 Å². The van der Waals surface area contributed by atoms with E-state index >= 15 is 0 Å². The van der Waals surface area contributed by atoms with Crippen molar-refractivity contribution >= 4 is 21.9 Å². The van der Waals surface area contributed by atoms with Gasteiger partial charge in [-0.3, -0.25) is 9.59 Å². The molecule has 1 aromatic carbocycles. The van der Waals surface area contributed by atoms with E-state index in [4.69, 9.17) is 9.84 Å². The number of hydrogen-bond donors (Lipinski definition) is 2. The number of rotatable bonds is 11. The second-order valence-electron chi connectivity index (χ2n) is 5.56. The van der Waals surface area contributed by atoms with E-state index in [0.29, 0.717) is 32.5 Å². The van der Waals surface area contributed by atoms with Gasteiger partial charge in [0.15, 0.2) is 0 Å². The maximum Gasteiger partial charge on any atom is 0.303 e. The van der Waals surface area contributed by atoms with Crippen molar-refractivity contribution in [1.29, 1.82) is 0 Å². The molecule has 2 N–H and O–H groups in total. The number of carbonyl (C=O) groups excluding carboxylic acids is 1. The third kappa shape index (κ3) is 5.70. The lowest BCUT2D eigenvalue weighted by atomic mass is 10.1. The van der Waals surface area contributed by atoms with Gasteiger partial charge in [0, 0.05) is 26.1 Å². The van der Waals surface area contributed by atoms with Crippen molar-refractivity contribution in [2.75, 3.05) is 26.7 Å². The van der Waals surface area contributed by atoms with Crippen molar-refractivity contribution in [3.05, 3.63) is 23.8 Å². The number of ether oxygens (including phenoxy) is 1. The molecule has 1 aromatic rings. The molecule has 26 heavy (non-hydrogen) atoms. The van der Waals surface area contributed by atoms with Crippen LogP contribution in [0.15, 0.2) is 23.1 Å². The summed E-state index contributed by atoms with van der Waals surface area (Å²) in [5.74, 6) is -1.08. The highest BCUT2D eigenvalue weighted by Gasteiger charge is 2.24. The Bertz CT molecular complexity index is 729. The summed E-state index contributed by atoms with van der Waals surface area (Å²) in [7, 11) is -2.29. The van der Waals surface area contributed by atoms with Gasteiger partial charge in [0.1, 0.15) is 5.75 Å². The summed E-state index contributed by atoms with van der Waals surface area (Å²) >= 11 is 0. The first-order chi connectivity index (χ1) is 12.3. The lowest BCUT2D eigenvalue weighted by molar-refractivity contribution is -0.137. The Morgan fingerprint density at radius 3 is 2.38 bits per heavy atom. The number of amides is 1.